The topological polar surface area (TPSA) is 116 Å². The van der Waals surface area contributed by atoms with E-state index < -0.39 is 6.09 Å². The van der Waals surface area contributed by atoms with E-state index in [0.717, 1.165) is 5.56 Å². The SMILES string of the molecule is COc1cccc(-c2noc([C@H](C)Nc3nccc(N4C(=O)OCC4C(C)C)n3)n2)c1. The van der Waals surface area contributed by atoms with Gasteiger partial charge in [0.05, 0.1) is 13.2 Å². The van der Waals surface area contributed by atoms with Gasteiger partial charge < -0.3 is 19.3 Å². The molecule has 10 heteroatoms. The van der Waals surface area contributed by atoms with Gasteiger partial charge in [-0.1, -0.05) is 31.1 Å². The van der Waals surface area contributed by atoms with E-state index in [1.807, 2.05) is 45.0 Å². The maximum absolute atomic E-state index is 12.2. The number of anilines is 2. The molecular formula is C21H24N6O4. The predicted octanol–water partition coefficient (Wildman–Crippen LogP) is 3.69. The van der Waals surface area contributed by atoms with Crippen LogP contribution in [0.2, 0.25) is 0 Å². The molecule has 4 rings (SSSR count). The number of aromatic nitrogens is 4. The van der Waals surface area contributed by atoms with Gasteiger partial charge in [-0.3, -0.25) is 4.90 Å². The summed E-state index contributed by atoms with van der Waals surface area (Å²) < 4.78 is 15.9. The lowest BCUT2D eigenvalue weighted by atomic mass is 10.0. The van der Waals surface area contributed by atoms with Gasteiger partial charge in [-0.15, -0.1) is 0 Å². The highest BCUT2D eigenvalue weighted by Gasteiger charge is 2.37. The number of amides is 1. The second-order valence-corrected chi connectivity index (χ2v) is 7.55. The second-order valence-electron chi connectivity index (χ2n) is 7.55. The number of benzene rings is 1. The van der Waals surface area contributed by atoms with Gasteiger partial charge in [0.25, 0.3) is 0 Å². The highest BCUT2D eigenvalue weighted by atomic mass is 16.6. The van der Waals surface area contributed by atoms with Crippen molar-refractivity contribution in [2.45, 2.75) is 32.9 Å². The summed E-state index contributed by atoms with van der Waals surface area (Å²) in [6.07, 6.45) is 1.19. The number of nitrogens with zero attached hydrogens (tertiary/aromatic N) is 5. The van der Waals surface area contributed by atoms with Crippen molar-refractivity contribution in [1.82, 2.24) is 20.1 Å². The van der Waals surface area contributed by atoms with Crippen LogP contribution in [0.5, 0.6) is 5.75 Å². The molecule has 162 valence electrons. The quantitative estimate of drug-likeness (QED) is 0.606. The standard InChI is InChI=1S/C21H24N6O4/c1-12(2)16-11-30-21(28)27(16)17-8-9-22-20(24-17)23-13(3)19-25-18(26-31-19)14-6-5-7-15(10-14)29-4/h5-10,12-13,16H,11H2,1-4H3,(H,22,23,24)/t13-,16?/m0/s1. The zero-order valence-corrected chi connectivity index (χ0v) is 17.8. The third-order valence-corrected chi connectivity index (χ3v) is 5.05. The van der Waals surface area contributed by atoms with Crippen LogP contribution in [0, 0.1) is 5.92 Å². The molecule has 1 aromatic carbocycles. The van der Waals surface area contributed by atoms with Crippen molar-refractivity contribution in [2.75, 3.05) is 23.9 Å². The van der Waals surface area contributed by atoms with Crippen LogP contribution in [0.3, 0.4) is 0 Å². The number of cyclic esters (lactones) is 1. The Morgan fingerprint density at radius 2 is 2.06 bits per heavy atom. The van der Waals surface area contributed by atoms with E-state index in [1.54, 1.807) is 24.3 Å². The lowest BCUT2D eigenvalue weighted by molar-refractivity contribution is 0.177. The molecule has 0 spiro atoms. The third kappa shape index (κ3) is 4.27. The maximum atomic E-state index is 12.2. The minimum atomic E-state index is -0.406. The van der Waals surface area contributed by atoms with Crippen molar-refractivity contribution >= 4 is 17.9 Å². The fourth-order valence-electron chi connectivity index (χ4n) is 3.29. The first kappa shape index (κ1) is 20.6. The van der Waals surface area contributed by atoms with Crippen LogP contribution in [0.15, 0.2) is 41.1 Å². The van der Waals surface area contributed by atoms with Crippen molar-refractivity contribution in [1.29, 1.82) is 0 Å². The van der Waals surface area contributed by atoms with Gasteiger partial charge in [0.2, 0.25) is 17.7 Å². The summed E-state index contributed by atoms with van der Waals surface area (Å²) in [5.41, 5.74) is 0.784. The molecule has 2 aromatic heterocycles. The average molecular weight is 424 g/mol. The number of rotatable bonds is 7. The number of carbonyl (C=O) groups excluding carboxylic acids is 1. The number of nitrogens with one attached hydrogen (secondary N) is 1. The molecule has 1 aliphatic rings. The van der Waals surface area contributed by atoms with Crippen molar-refractivity contribution in [2.24, 2.45) is 5.92 Å². The first-order valence-electron chi connectivity index (χ1n) is 10.00. The Bertz CT molecular complexity index is 1070. The van der Waals surface area contributed by atoms with Gasteiger partial charge in [-0.2, -0.15) is 9.97 Å². The molecule has 3 heterocycles. The average Bonchev–Trinajstić information content (AvgIpc) is 3.41. The normalized spacial score (nSPS) is 17.0. The fraction of sp³-hybridized carbons (Fsp3) is 0.381. The van der Waals surface area contributed by atoms with E-state index in [9.17, 15) is 4.79 Å². The zero-order valence-electron chi connectivity index (χ0n) is 17.8. The Labute approximate surface area is 179 Å². The van der Waals surface area contributed by atoms with Crippen LogP contribution >= 0.6 is 0 Å². The number of carbonyl (C=O) groups is 1. The van der Waals surface area contributed by atoms with Crippen molar-refractivity contribution in [3.8, 4) is 17.1 Å². The molecule has 1 aliphatic heterocycles. The van der Waals surface area contributed by atoms with E-state index in [1.165, 1.54) is 0 Å². The van der Waals surface area contributed by atoms with Gasteiger partial charge in [0.15, 0.2) is 0 Å². The molecule has 1 unspecified atom stereocenters. The summed E-state index contributed by atoms with van der Waals surface area (Å²) in [6, 6.07) is 8.67. The molecule has 0 saturated carbocycles. The predicted molar refractivity (Wildman–Crippen MR) is 113 cm³/mol. The molecular weight excluding hydrogens is 400 g/mol. The molecule has 0 aliphatic carbocycles. The van der Waals surface area contributed by atoms with Crippen molar-refractivity contribution in [3.63, 3.8) is 0 Å². The molecule has 0 bridgehead atoms. The van der Waals surface area contributed by atoms with Gasteiger partial charge in [-0.25, -0.2) is 9.78 Å². The van der Waals surface area contributed by atoms with E-state index in [2.05, 4.69) is 25.4 Å². The highest BCUT2D eigenvalue weighted by molar-refractivity contribution is 5.89. The van der Waals surface area contributed by atoms with Gasteiger partial charge in [0.1, 0.15) is 24.2 Å². The molecule has 2 atom stereocenters. The summed E-state index contributed by atoms with van der Waals surface area (Å²) in [5, 5.41) is 7.20. The minimum absolute atomic E-state index is 0.0750. The summed E-state index contributed by atoms with van der Waals surface area (Å²) >= 11 is 0. The third-order valence-electron chi connectivity index (χ3n) is 5.05. The van der Waals surface area contributed by atoms with Gasteiger partial charge in [0, 0.05) is 11.8 Å². The fourth-order valence-corrected chi connectivity index (χ4v) is 3.29. The Morgan fingerprint density at radius 1 is 1.23 bits per heavy atom. The van der Waals surface area contributed by atoms with Crippen LogP contribution in [-0.4, -0.2) is 46.0 Å². The Kier molecular flexibility index (Phi) is 5.70. The Hall–Kier alpha value is -3.69. The van der Waals surface area contributed by atoms with E-state index >= 15 is 0 Å². The molecule has 1 N–H and O–H groups in total. The van der Waals surface area contributed by atoms with Crippen LogP contribution in [0.4, 0.5) is 16.6 Å². The van der Waals surface area contributed by atoms with Gasteiger partial charge >= 0.3 is 6.09 Å². The molecule has 3 aromatic rings. The monoisotopic (exact) mass is 424 g/mol. The number of hydrogen-bond donors (Lipinski definition) is 1. The zero-order chi connectivity index (χ0) is 22.0. The van der Waals surface area contributed by atoms with E-state index in [0.29, 0.717) is 35.8 Å². The first-order valence-corrected chi connectivity index (χ1v) is 10.00. The molecule has 10 nitrogen and oxygen atoms in total. The smallest absolute Gasteiger partial charge is 0.415 e. The lowest BCUT2D eigenvalue weighted by Gasteiger charge is -2.23. The molecule has 1 saturated heterocycles. The summed E-state index contributed by atoms with van der Waals surface area (Å²) in [7, 11) is 1.60. The molecule has 1 fully saturated rings. The lowest BCUT2D eigenvalue weighted by Crippen LogP contribution is -2.37. The van der Waals surface area contributed by atoms with Crippen LogP contribution < -0.4 is 15.0 Å². The highest BCUT2D eigenvalue weighted by Crippen LogP contribution is 2.27. The number of methoxy groups -OCH3 is 1. The summed E-state index contributed by atoms with van der Waals surface area (Å²) in [5.74, 6) is 2.59. The van der Waals surface area contributed by atoms with E-state index in [4.69, 9.17) is 14.0 Å². The van der Waals surface area contributed by atoms with Crippen molar-refractivity contribution < 1.29 is 18.8 Å². The summed E-state index contributed by atoms with van der Waals surface area (Å²) in [4.78, 5) is 27.0. The Balaban J connectivity index is 1.51. The minimum Gasteiger partial charge on any atom is -0.497 e. The Morgan fingerprint density at radius 3 is 2.84 bits per heavy atom. The van der Waals surface area contributed by atoms with Crippen LogP contribution in [0.25, 0.3) is 11.4 Å². The van der Waals surface area contributed by atoms with Gasteiger partial charge in [-0.05, 0) is 31.0 Å². The number of hydrogen-bond acceptors (Lipinski definition) is 9. The summed E-state index contributed by atoms with van der Waals surface area (Å²) in [6.45, 7) is 6.28. The molecule has 31 heavy (non-hydrogen) atoms. The molecule has 0 radical (unpaired) electrons. The second kappa shape index (κ2) is 8.58. The van der Waals surface area contributed by atoms with Crippen molar-refractivity contribution in [3.05, 3.63) is 42.4 Å². The number of ether oxygens (including phenoxy) is 2. The first-order chi connectivity index (χ1) is 15.0. The maximum Gasteiger partial charge on any atom is 0.415 e. The van der Waals surface area contributed by atoms with Crippen LogP contribution in [0.1, 0.15) is 32.7 Å². The molecule has 1 amide bonds. The van der Waals surface area contributed by atoms with Crippen LogP contribution in [-0.2, 0) is 4.74 Å². The van der Waals surface area contributed by atoms with E-state index in [-0.39, 0.29) is 18.0 Å². The largest absolute Gasteiger partial charge is 0.497 e.